The van der Waals surface area contributed by atoms with Gasteiger partial charge in [-0.25, -0.2) is 0 Å². The van der Waals surface area contributed by atoms with Gasteiger partial charge in [0.05, 0.1) is 12.6 Å². The van der Waals surface area contributed by atoms with Gasteiger partial charge in [0.15, 0.2) is 0 Å². The van der Waals surface area contributed by atoms with Crippen molar-refractivity contribution in [2.75, 3.05) is 25.0 Å². The molecular weight excluding hydrogens is 228 g/mol. The van der Waals surface area contributed by atoms with Gasteiger partial charge in [0.1, 0.15) is 0 Å². The predicted molar refractivity (Wildman–Crippen MR) is 71.6 cm³/mol. The zero-order chi connectivity index (χ0) is 13.1. The average Bonchev–Trinajstić information content (AvgIpc) is 2.27. The third-order valence-corrected chi connectivity index (χ3v) is 3.14. The van der Waals surface area contributed by atoms with Gasteiger partial charge < -0.3 is 10.4 Å². The van der Waals surface area contributed by atoms with Crippen LogP contribution in [0, 0.1) is 0 Å². The Bertz CT molecular complexity index is 426. The molecule has 1 aliphatic rings. The Morgan fingerprint density at radius 2 is 2.22 bits per heavy atom. The van der Waals surface area contributed by atoms with E-state index in [1.165, 1.54) is 5.56 Å². The Kier molecular flexibility index (Phi) is 3.99. The quantitative estimate of drug-likeness (QED) is 0.847. The molecule has 4 heteroatoms. The molecule has 1 saturated heterocycles. The predicted octanol–water partition coefficient (Wildman–Crippen LogP) is 1.43. The number of β-amino-alcohol motifs (C(OH)–C–C–N with tert-alkyl or cyclic N) is 1. The Hall–Kier alpha value is -1.39. The summed E-state index contributed by atoms with van der Waals surface area (Å²) in [4.78, 5) is 13.7. The van der Waals surface area contributed by atoms with E-state index >= 15 is 0 Å². The summed E-state index contributed by atoms with van der Waals surface area (Å²) in [5.41, 5.74) is 2.06. The summed E-state index contributed by atoms with van der Waals surface area (Å²) in [5.74, 6) is 0.426. The van der Waals surface area contributed by atoms with Crippen LogP contribution < -0.4 is 5.32 Å². The lowest BCUT2D eigenvalue weighted by Crippen LogP contribution is -2.53. The molecule has 1 aromatic rings. The lowest BCUT2D eigenvalue weighted by Gasteiger charge is -2.35. The SMILES string of the molecule is CC(C)c1cccc(NC(=O)CN2CC(O)C2)c1. The van der Waals surface area contributed by atoms with Crippen molar-refractivity contribution in [1.29, 1.82) is 0 Å². The summed E-state index contributed by atoms with van der Waals surface area (Å²) in [6, 6.07) is 7.92. The van der Waals surface area contributed by atoms with Crippen molar-refractivity contribution >= 4 is 11.6 Å². The maximum Gasteiger partial charge on any atom is 0.238 e. The Labute approximate surface area is 108 Å². The van der Waals surface area contributed by atoms with Gasteiger partial charge in [-0.15, -0.1) is 0 Å². The molecule has 0 bridgehead atoms. The van der Waals surface area contributed by atoms with Crippen LogP contribution in [0.5, 0.6) is 0 Å². The minimum Gasteiger partial charge on any atom is -0.390 e. The number of benzene rings is 1. The number of carbonyl (C=O) groups excluding carboxylic acids is 1. The fourth-order valence-corrected chi connectivity index (χ4v) is 2.05. The van der Waals surface area contributed by atoms with E-state index in [4.69, 9.17) is 5.11 Å². The molecule has 0 unspecified atom stereocenters. The van der Waals surface area contributed by atoms with Gasteiger partial charge in [-0.2, -0.15) is 0 Å². The van der Waals surface area contributed by atoms with Crippen molar-refractivity contribution in [2.24, 2.45) is 0 Å². The van der Waals surface area contributed by atoms with E-state index in [1.54, 1.807) is 0 Å². The molecule has 0 aliphatic carbocycles. The van der Waals surface area contributed by atoms with Crippen molar-refractivity contribution in [1.82, 2.24) is 4.90 Å². The van der Waals surface area contributed by atoms with Crippen LogP contribution >= 0.6 is 0 Å². The molecule has 2 rings (SSSR count). The molecule has 1 heterocycles. The fraction of sp³-hybridized carbons (Fsp3) is 0.500. The van der Waals surface area contributed by atoms with Gasteiger partial charge in [0, 0.05) is 18.8 Å². The van der Waals surface area contributed by atoms with Crippen LogP contribution in [-0.2, 0) is 4.79 Å². The zero-order valence-corrected chi connectivity index (χ0v) is 10.9. The van der Waals surface area contributed by atoms with Gasteiger partial charge in [0.25, 0.3) is 0 Å². The molecule has 1 aliphatic heterocycles. The molecule has 0 saturated carbocycles. The number of hydrogen-bond acceptors (Lipinski definition) is 3. The van der Waals surface area contributed by atoms with Crippen LogP contribution in [0.4, 0.5) is 5.69 Å². The molecule has 1 amide bonds. The fourth-order valence-electron chi connectivity index (χ4n) is 2.05. The number of rotatable bonds is 4. The minimum absolute atomic E-state index is 0.0252. The molecule has 2 N–H and O–H groups in total. The third kappa shape index (κ3) is 3.31. The molecule has 1 fully saturated rings. The van der Waals surface area contributed by atoms with Crippen molar-refractivity contribution in [2.45, 2.75) is 25.9 Å². The van der Waals surface area contributed by atoms with Gasteiger partial charge in [0.2, 0.25) is 5.91 Å². The number of aliphatic hydroxyl groups excluding tert-OH is 1. The normalized spacial score (nSPS) is 16.7. The summed E-state index contributed by atoms with van der Waals surface area (Å²) in [5, 5.41) is 12.0. The van der Waals surface area contributed by atoms with E-state index in [0.29, 0.717) is 25.6 Å². The number of carbonyl (C=O) groups is 1. The second-order valence-corrected chi connectivity index (χ2v) is 5.18. The molecule has 4 nitrogen and oxygen atoms in total. The van der Waals surface area contributed by atoms with E-state index in [-0.39, 0.29) is 12.0 Å². The highest BCUT2D eigenvalue weighted by molar-refractivity contribution is 5.92. The van der Waals surface area contributed by atoms with Crippen molar-refractivity contribution in [3.05, 3.63) is 29.8 Å². The zero-order valence-electron chi connectivity index (χ0n) is 10.9. The number of nitrogens with zero attached hydrogens (tertiary/aromatic N) is 1. The highest BCUT2D eigenvalue weighted by atomic mass is 16.3. The van der Waals surface area contributed by atoms with E-state index in [0.717, 1.165) is 5.69 Å². The summed E-state index contributed by atoms with van der Waals surface area (Å²) in [6.45, 7) is 5.80. The van der Waals surface area contributed by atoms with Crippen LogP contribution in [0.25, 0.3) is 0 Å². The molecule has 98 valence electrons. The topological polar surface area (TPSA) is 52.6 Å². The van der Waals surface area contributed by atoms with Crippen molar-refractivity contribution in [3.8, 4) is 0 Å². The van der Waals surface area contributed by atoms with E-state index < -0.39 is 0 Å². The van der Waals surface area contributed by atoms with Crippen LogP contribution in [0.1, 0.15) is 25.3 Å². The standard InChI is InChI=1S/C14H20N2O2/c1-10(2)11-4-3-5-12(6-11)15-14(18)9-16-7-13(17)8-16/h3-6,10,13,17H,7-9H2,1-2H3,(H,15,18). The average molecular weight is 248 g/mol. The Morgan fingerprint density at radius 3 is 2.83 bits per heavy atom. The number of amides is 1. The van der Waals surface area contributed by atoms with Gasteiger partial charge in [-0.3, -0.25) is 9.69 Å². The van der Waals surface area contributed by atoms with E-state index in [2.05, 4.69) is 25.2 Å². The highest BCUT2D eigenvalue weighted by Crippen LogP contribution is 2.18. The summed E-state index contributed by atoms with van der Waals surface area (Å²) >= 11 is 0. The van der Waals surface area contributed by atoms with E-state index in [9.17, 15) is 4.79 Å². The first-order valence-electron chi connectivity index (χ1n) is 6.35. The first kappa shape index (κ1) is 13.1. The van der Waals surface area contributed by atoms with Crippen LogP contribution in [0.15, 0.2) is 24.3 Å². The summed E-state index contributed by atoms with van der Waals surface area (Å²) in [7, 11) is 0. The molecule has 0 radical (unpaired) electrons. The molecule has 0 atom stereocenters. The summed E-state index contributed by atoms with van der Waals surface area (Å²) < 4.78 is 0. The third-order valence-electron chi connectivity index (χ3n) is 3.14. The molecular formula is C14H20N2O2. The van der Waals surface area contributed by atoms with Crippen LogP contribution in [0.2, 0.25) is 0 Å². The molecule has 18 heavy (non-hydrogen) atoms. The lowest BCUT2D eigenvalue weighted by molar-refractivity contribution is -0.119. The molecule has 0 aromatic heterocycles. The first-order valence-corrected chi connectivity index (χ1v) is 6.35. The number of anilines is 1. The summed E-state index contributed by atoms with van der Waals surface area (Å²) in [6.07, 6.45) is -0.262. The number of hydrogen-bond donors (Lipinski definition) is 2. The number of likely N-dealkylation sites (tertiary alicyclic amines) is 1. The lowest BCUT2D eigenvalue weighted by atomic mass is 10.0. The first-order chi connectivity index (χ1) is 8.54. The van der Waals surface area contributed by atoms with Crippen LogP contribution in [-0.4, -0.2) is 41.7 Å². The van der Waals surface area contributed by atoms with Crippen molar-refractivity contribution < 1.29 is 9.90 Å². The Morgan fingerprint density at radius 1 is 1.50 bits per heavy atom. The maximum atomic E-state index is 11.8. The monoisotopic (exact) mass is 248 g/mol. The largest absolute Gasteiger partial charge is 0.390 e. The second kappa shape index (κ2) is 5.50. The van der Waals surface area contributed by atoms with Crippen LogP contribution in [0.3, 0.4) is 0 Å². The Balaban J connectivity index is 1.88. The number of aliphatic hydroxyl groups is 1. The smallest absolute Gasteiger partial charge is 0.238 e. The molecule has 1 aromatic carbocycles. The van der Waals surface area contributed by atoms with Gasteiger partial charge >= 0.3 is 0 Å². The van der Waals surface area contributed by atoms with Gasteiger partial charge in [-0.05, 0) is 23.6 Å². The van der Waals surface area contributed by atoms with Gasteiger partial charge in [-0.1, -0.05) is 26.0 Å². The molecule has 0 spiro atoms. The van der Waals surface area contributed by atoms with E-state index in [1.807, 2.05) is 23.1 Å². The highest BCUT2D eigenvalue weighted by Gasteiger charge is 2.25. The minimum atomic E-state index is -0.262. The second-order valence-electron chi connectivity index (χ2n) is 5.18. The maximum absolute atomic E-state index is 11.8. The van der Waals surface area contributed by atoms with Crippen molar-refractivity contribution in [3.63, 3.8) is 0 Å². The number of nitrogens with one attached hydrogen (secondary N) is 1.